The minimum atomic E-state index is -0.311. The first kappa shape index (κ1) is 11.7. The average Bonchev–Trinajstić information content (AvgIpc) is 2.20. The number of Topliss-reactive ketones (excluding diaryl/α,β-unsaturated/α-hetero) is 1. The summed E-state index contributed by atoms with van der Waals surface area (Å²) in [7, 11) is 0. The van der Waals surface area contributed by atoms with Gasteiger partial charge in [0.25, 0.3) is 0 Å². The summed E-state index contributed by atoms with van der Waals surface area (Å²) < 4.78 is 1.18. The molecule has 0 heterocycles. The largest absolute Gasteiger partial charge is 0.322 e. The van der Waals surface area contributed by atoms with Gasteiger partial charge in [0.05, 0.1) is 6.04 Å². The van der Waals surface area contributed by atoms with Crippen molar-refractivity contribution < 1.29 is 4.79 Å². The molecule has 0 aliphatic rings. The Hall–Kier alpha value is -0.420. The third-order valence-electron chi connectivity index (χ3n) is 2.15. The number of hydrogen-bond acceptors (Lipinski definition) is 2. The first-order valence-electron chi connectivity index (χ1n) is 4.66. The number of hydrogen-bond donors (Lipinski definition) is 1. The highest BCUT2D eigenvalue weighted by Gasteiger charge is 2.11. The fraction of sp³-hybridized carbons (Fsp3) is 0.364. The molecule has 1 aromatic carbocycles. The van der Waals surface area contributed by atoms with E-state index in [0.717, 1.165) is 5.56 Å². The van der Waals surface area contributed by atoms with Crippen LogP contribution in [0.2, 0.25) is 0 Å². The van der Waals surface area contributed by atoms with Gasteiger partial charge in [-0.05, 0) is 46.7 Å². The molecule has 1 rings (SSSR count). The van der Waals surface area contributed by atoms with Gasteiger partial charge in [0.15, 0.2) is 5.78 Å². The van der Waals surface area contributed by atoms with E-state index in [9.17, 15) is 4.79 Å². The summed E-state index contributed by atoms with van der Waals surface area (Å²) in [6.45, 7) is 1.93. The van der Waals surface area contributed by atoms with Crippen molar-refractivity contribution in [3.05, 3.63) is 33.4 Å². The summed E-state index contributed by atoms with van der Waals surface area (Å²) in [6, 6.07) is 7.64. The van der Waals surface area contributed by atoms with Gasteiger partial charge in [-0.3, -0.25) is 4.79 Å². The second kappa shape index (κ2) is 5.46. The standard InChI is InChI=1S/C11H14INO/c1-2-10(13)11(14)7-8-3-5-9(12)6-4-8/h3-6,10H,2,7,13H2,1H3. The van der Waals surface area contributed by atoms with E-state index >= 15 is 0 Å². The van der Waals surface area contributed by atoms with Crippen molar-refractivity contribution in [3.63, 3.8) is 0 Å². The number of carbonyl (C=O) groups excluding carboxylic acids is 1. The van der Waals surface area contributed by atoms with Crippen LogP contribution >= 0.6 is 22.6 Å². The fourth-order valence-electron chi connectivity index (χ4n) is 1.16. The van der Waals surface area contributed by atoms with Crippen molar-refractivity contribution in [1.82, 2.24) is 0 Å². The number of nitrogens with two attached hydrogens (primary N) is 1. The SMILES string of the molecule is CCC(N)C(=O)Cc1ccc(I)cc1. The molecule has 1 atom stereocenters. The van der Waals surface area contributed by atoms with E-state index in [2.05, 4.69) is 22.6 Å². The molecule has 1 aromatic rings. The third-order valence-corrected chi connectivity index (χ3v) is 2.86. The molecular formula is C11H14INO. The number of benzene rings is 1. The maximum atomic E-state index is 11.5. The van der Waals surface area contributed by atoms with Gasteiger partial charge in [0.2, 0.25) is 0 Å². The topological polar surface area (TPSA) is 43.1 Å². The number of rotatable bonds is 4. The molecule has 0 fully saturated rings. The second-order valence-electron chi connectivity index (χ2n) is 3.28. The van der Waals surface area contributed by atoms with Gasteiger partial charge in [0, 0.05) is 9.99 Å². The summed E-state index contributed by atoms with van der Waals surface area (Å²) >= 11 is 2.24. The molecular weight excluding hydrogens is 289 g/mol. The molecule has 76 valence electrons. The summed E-state index contributed by atoms with van der Waals surface area (Å²) in [4.78, 5) is 11.5. The molecule has 0 aliphatic heterocycles. The smallest absolute Gasteiger partial charge is 0.153 e. The zero-order valence-electron chi connectivity index (χ0n) is 8.16. The Bertz CT molecular complexity index is 308. The maximum absolute atomic E-state index is 11.5. The minimum absolute atomic E-state index is 0.119. The summed E-state index contributed by atoms with van der Waals surface area (Å²) in [5.74, 6) is 0.119. The van der Waals surface area contributed by atoms with E-state index in [0.29, 0.717) is 12.8 Å². The zero-order chi connectivity index (χ0) is 10.6. The average molecular weight is 303 g/mol. The molecule has 0 radical (unpaired) electrons. The molecule has 0 bridgehead atoms. The van der Waals surface area contributed by atoms with Crippen molar-refractivity contribution in [2.45, 2.75) is 25.8 Å². The van der Waals surface area contributed by atoms with Crippen LogP contribution in [0.3, 0.4) is 0 Å². The van der Waals surface area contributed by atoms with Crippen LogP contribution in [0.5, 0.6) is 0 Å². The van der Waals surface area contributed by atoms with Crippen LogP contribution in [0.4, 0.5) is 0 Å². The van der Waals surface area contributed by atoms with Gasteiger partial charge in [-0.15, -0.1) is 0 Å². The Balaban J connectivity index is 2.60. The van der Waals surface area contributed by atoms with Crippen molar-refractivity contribution in [3.8, 4) is 0 Å². The molecule has 0 spiro atoms. The lowest BCUT2D eigenvalue weighted by Gasteiger charge is -2.07. The van der Waals surface area contributed by atoms with Crippen molar-refractivity contribution in [2.75, 3.05) is 0 Å². The molecule has 0 saturated carbocycles. The first-order chi connectivity index (χ1) is 6.63. The molecule has 0 aromatic heterocycles. The molecule has 14 heavy (non-hydrogen) atoms. The van der Waals surface area contributed by atoms with E-state index in [1.807, 2.05) is 31.2 Å². The molecule has 0 amide bonds. The highest BCUT2D eigenvalue weighted by Crippen LogP contribution is 2.08. The normalized spacial score (nSPS) is 12.5. The molecule has 0 aliphatic carbocycles. The molecule has 2 N–H and O–H groups in total. The van der Waals surface area contributed by atoms with Crippen LogP contribution in [0.1, 0.15) is 18.9 Å². The van der Waals surface area contributed by atoms with E-state index in [1.165, 1.54) is 3.57 Å². The van der Waals surface area contributed by atoms with Gasteiger partial charge in [0.1, 0.15) is 0 Å². The summed E-state index contributed by atoms with van der Waals surface area (Å²) in [5.41, 5.74) is 6.68. The van der Waals surface area contributed by atoms with E-state index in [-0.39, 0.29) is 11.8 Å². The lowest BCUT2D eigenvalue weighted by Crippen LogP contribution is -2.30. The van der Waals surface area contributed by atoms with Crippen LogP contribution in [0.25, 0.3) is 0 Å². The van der Waals surface area contributed by atoms with Crippen LogP contribution in [-0.4, -0.2) is 11.8 Å². The minimum Gasteiger partial charge on any atom is -0.322 e. The van der Waals surface area contributed by atoms with Crippen molar-refractivity contribution in [2.24, 2.45) is 5.73 Å². The maximum Gasteiger partial charge on any atom is 0.153 e. The highest BCUT2D eigenvalue weighted by molar-refractivity contribution is 14.1. The van der Waals surface area contributed by atoms with Gasteiger partial charge in [-0.2, -0.15) is 0 Å². The Morgan fingerprint density at radius 2 is 2.00 bits per heavy atom. The van der Waals surface area contributed by atoms with Crippen molar-refractivity contribution >= 4 is 28.4 Å². The van der Waals surface area contributed by atoms with Gasteiger partial charge < -0.3 is 5.73 Å². The Morgan fingerprint density at radius 1 is 1.43 bits per heavy atom. The number of carbonyl (C=O) groups is 1. The van der Waals surface area contributed by atoms with E-state index < -0.39 is 0 Å². The third kappa shape index (κ3) is 3.38. The molecule has 3 heteroatoms. The van der Waals surface area contributed by atoms with E-state index in [1.54, 1.807) is 0 Å². The molecule has 1 unspecified atom stereocenters. The quantitative estimate of drug-likeness (QED) is 0.866. The molecule has 0 saturated heterocycles. The predicted octanol–water partition coefficient (Wildman–Crippen LogP) is 2.14. The summed E-state index contributed by atoms with van der Waals surface area (Å²) in [6.07, 6.45) is 1.16. The van der Waals surface area contributed by atoms with Crippen LogP contribution in [-0.2, 0) is 11.2 Å². The lowest BCUT2D eigenvalue weighted by atomic mass is 10.0. The van der Waals surface area contributed by atoms with Gasteiger partial charge in [-0.1, -0.05) is 19.1 Å². The van der Waals surface area contributed by atoms with Gasteiger partial charge >= 0.3 is 0 Å². The molecule has 2 nitrogen and oxygen atoms in total. The second-order valence-corrected chi connectivity index (χ2v) is 4.53. The van der Waals surface area contributed by atoms with Gasteiger partial charge in [-0.25, -0.2) is 0 Å². The Morgan fingerprint density at radius 3 is 2.50 bits per heavy atom. The van der Waals surface area contributed by atoms with Crippen LogP contribution in [0.15, 0.2) is 24.3 Å². The highest BCUT2D eigenvalue weighted by atomic mass is 127. The van der Waals surface area contributed by atoms with Crippen LogP contribution in [0, 0.1) is 3.57 Å². The lowest BCUT2D eigenvalue weighted by molar-refractivity contribution is -0.119. The monoisotopic (exact) mass is 303 g/mol. The Labute approximate surface area is 98.0 Å². The van der Waals surface area contributed by atoms with Crippen LogP contribution < -0.4 is 5.73 Å². The Kier molecular flexibility index (Phi) is 4.54. The zero-order valence-corrected chi connectivity index (χ0v) is 10.3. The number of halogens is 1. The number of ketones is 1. The first-order valence-corrected chi connectivity index (χ1v) is 5.74. The van der Waals surface area contributed by atoms with E-state index in [4.69, 9.17) is 5.73 Å². The fourth-order valence-corrected chi connectivity index (χ4v) is 1.52. The predicted molar refractivity (Wildman–Crippen MR) is 66.1 cm³/mol. The van der Waals surface area contributed by atoms with Crippen molar-refractivity contribution in [1.29, 1.82) is 0 Å². The summed E-state index contributed by atoms with van der Waals surface area (Å²) in [5, 5.41) is 0.